The molecular formula is C17H23N3O3. The molecule has 0 spiro atoms. The van der Waals surface area contributed by atoms with Crippen LogP contribution in [-0.4, -0.2) is 30.5 Å². The summed E-state index contributed by atoms with van der Waals surface area (Å²) in [7, 11) is 0. The van der Waals surface area contributed by atoms with Crippen LogP contribution in [0.2, 0.25) is 0 Å². The van der Waals surface area contributed by atoms with Crippen LogP contribution in [0.4, 0.5) is 5.69 Å². The van der Waals surface area contributed by atoms with Crippen LogP contribution in [0, 0.1) is 5.92 Å². The molecule has 3 rings (SSSR count). The second-order valence-corrected chi connectivity index (χ2v) is 6.38. The molecule has 6 heteroatoms. The minimum Gasteiger partial charge on any atom is -0.484 e. The summed E-state index contributed by atoms with van der Waals surface area (Å²) in [5, 5.41) is 6.39. The number of nitrogens with one attached hydrogen (secondary N) is 2. The predicted molar refractivity (Wildman–Crippen MR) is 87.0 cm³/mol. The van der Waals surface area contributed by atoms with Crippen LogP contribution >= 0.6 is 0 Å². The third-order valence-corrected chi connectivity index (χ3v) is 4.66. The molecule has 1 saturated heterocycles. The zero-order valence-electron chi connectivity index (χ0n) is 13.1. The number of hydrogen-bond donors (Lipinski definition) is 3. The number of fused-ring (bicyclic) bond motifs is 1. The van der Waals surface area contributed by atoms with E-state index in [4.69, 9.17) is 10.5 Å². The van der Waals surface area contributed by atoms with Gasteiger partial charge < -0.3 is 21.1 Å². The van der Waals surface area contributed by atoms with E-state index < -0.39 is 5.91 Å². The molecule has 0 bridgehead atoms. The molecule has 4 N–H and O–H groups in total. The first-order valence-electron chi connectivity index (χ1n) is 8.20. The summed E-state index contributed by atoms with van der Waals surface area (Å²) in [6.07, 6.45) is 5.83. The van der Waals surface area contributed by atoms with Gasteiger partial charge in [0.1, 0.15) is 5.75 Å². The fourth-order valence-electron chi connectivity index (χ4n) is 3.57. The fourth-order valence-corrected chi connectivity index (χ4v) is 3.57. The summed E-state index contributed by atoms with van der Waals surface area (Å²) in [4.78, 5) is 23.2. The van der Waals surface area contributed by atoms with Gasteiger partial charge in [-0.15, -0.1) is 0 Å². The van der Waals surface area contributed by atoms with Crippen molar-refractivity contribution in [1.82, 2.24) is 5.32 Å². The minimum atomic E-state index is -0.530. The Morgan fingerprint density at radius 2 is 2.13 bits per heavy atom. The Kier molecular flexibility index (Phi) is 4.81. The lowest BCUT2D eigenvalue weighted by atomic mass is 9.85. The summed E-state index contributed by atoms with van der Waals surface area (Å²) >= 11 is 0. The van der Waals surface area contributed by atoms with Crippen molar-refractivity contribution in [3.8, 4) is 5.75 Å². The van der Waals surface area contributed by atoms with E-state index in [1.807, 2.05) is 0 Å². The molecule has 1 aliphatic heterocycles. The summed E-state index contributed by atoms with van der Waals surface area (Å²) in [5.74, 6) is 0.600. The van der Waals surface area contributed by atoms with Gasteiger partial charge in [0.2, 0.25) is 5.91 Å². The zero-order chi connectivity index (χ0) is 16.2. The Hall–Kier alpha value is -2.08. The molecule has 0 radical (unpaired) electrons. The lowest BCUT2D eigenvalue weighted by Gasteiger charge is -2.24. The smallest absolute Gasteiger partial charge is 0.255 e. The van der Waals surface area contributed by atoms with Gasteiger partial charge in [-0.3, -0.25) is 9.59 Å². The van der Waals surface area contributed by atoms with Gasteiger partial charge in [-0.2, -0.15) is 0 Å². The maximum Gasteiger partial charge on any atom is 0.255 e. The van der Waals surface area contributed by atoms with Crippen molar-refractivity contribution >= 4 is 17.5 Å². The SMILES string of the molecule is NC(=O)COc1cccc(NC(=O)C2CC3CCCCC3N2)c1. The number of amides is 2. The van der Waals surface area contributed by atoms with E-state index in [0.29, 0.717) is 23.4 Å². The number of benzene rings is 1. The van der Waals surface area contributed by atoms with Gasteiger partial charge in [-0.1, -0.05) is 18.9 Å². The van der Waals surface area contributed by atoms with Crippen LogP contribution in [0.1, 0.15) is 32.1 Å². The van der Waals surface area contributed by atoms with E-state index in [0.717, 1.165) is 6.42 Å². The molecule has 124 valence electrons. The molecule has 1 saturated carbocycles. The van der Waals surface area contributed by atoms with Crippen LogP contribution in [0.25, 0.3) is 0 Å². The van der Waals surface area contributed by atoms with Gasteiger partial charge in [0.25, 0.3) is 5.91 Å². The molecule has 1 aliphatic carbocycles. The predicted octanol–water partition coefficient (Wildman–Crippen LogP) is 1.41. The number of primary amides is 1. The number of rotatable bonds is 5. The molecule has 1 heterocycles. The van der Waals surface area contributed by atoms with Crippen molar-refractivity contribution in [1.29, 1.82) is 0 Å². The van der Waals surface area contributed by atoms with E-state index in [1.165, 1.54) is 25.7 Å². The van der Waals surface area contributed by atoms with Gasteiger partial charge in [0.15, 0.2) is 6.61 Å². The second-order valence-electron chi connectivity index (χ2n) is 6.38. The lowest BCUT2D eigenvalue weighted by Crippen LogP contribution is -2.39. The molecular weight excluding hydrogens is 294 g/mol. The minimum absolute atomic E-state index is 0.00792. The van der Waals surface area contributed by atoms with Crippen molar-refractivity contribution in [2.45, 2.75) is 44.2 Å². The average Bonchev–Trinajstić information content (AvgIpc) is 2.97. The number of nitrogens with two attached hydrogens (primary N) is 1. The zero-order valence-corrected chi connectivity index (χ0v) is 13.1. The van der Waals surface area contributed by atoms with Crippen molar-refractivity contribution in [3.05, 3.63) is 24.3 Å². The average molecular weight is 317 g/mol. The van der Waals surface area contributed by atoms with Crippen LogP contribution in [0.15, 0.2) is 24.3 Å². The molecule has 3 unspecified atom stereocenters. The highest BCUT2D eigenvalue weighted by molar-refractivity contribution is 5.95. The monoisotopic (exact) mass is 317 g/mol. The van der Waals surface area contributed by atoms with Crippen molar-refractivity contribution in [2.75, 3.05) is 11.9 Å². The maximum absolute atomic E-state index is 12.4. The van der Waals surface area contributed by atoms with Gasteiger partial charge in [-0.25, -0.2) is 0 Å². The van der Waals surface area contributed by atoms with Crippen molar-refractivity contribution < 1.29 is 14.3 Å². The molecule has 23 heavy (non-hydrogen) atoms. The molecule has 0 aromatic heterocycles. The quantitative estimate of drug-likeness (QED) is 0.765. The lowest BCUT2D eigenvalue weighted by molar-refractivity contribution is -0.120. The highest BCUT2D eigenvalue weighted by Crippen LogP contribution is 2.33. The molecule has 1 aromatic rings. The maximum atomic E-state index is 12.4. The van der Waals surface area contributed by atoms with Crippen LogP contribution in [0.3, 0.4) is 0 Å². The largest absolute Gasteiger partial charge is 0.484 e. The van der Waals surface area contributed by atoms with Crippen molar-refractivity contribution in [3.63, 3.8) is 0 Å². The number of ether oxygens (including phenoxy) is 1. The van der Waals surface area contributed by atoms with Gasteiger partial charge in [0, 0.05) is 17.8 Å². The first-order valence-corrected chi connectivity index (χ1v) is 8.20. The standard InChI is InChI=1S/C17H23N3O3/c18-16(21)10-23-13-6-3-5-12(9-13)19-17(22)15-8-11-4-1-2-7-14(11)20-15/h3,5-6,9,11,14-15,20H,1-2,4,7-8,10H2,(H2,18,21)(H,19,22). The van der Waals surface area contributed by atoms with Crippen LogP contribution < -0.4 is 21.1 Å². The Bertz CT molecular complexity index is 576. The molecule has 1 aromatic carbocycles. The van der Waals surface area contributed by atoms with Gasteiger partial charge >= 0.3 is 0 Å². The number of anilines is 1. The normalized spacial score (nSPS) is 26.3. The molecule has 2 aliphatic rings. The molecule has 2 amide bonds. The summed E-state index contributed by atoms with van der Waals surface area (Å²) in [5.41, 5.74) is 5.72. The molecule has 3 atom stereocenters. The Morgan fingerprint density at radius 1 is 1.30 bits per heavy atom. The van der Waals surface area contributed by atoms with E-state index >= 15 is 0 Å². The van der Waals surface area contributed by atoms with Crippen molar-refractivity contribution in [2.24, 2.45) is 11.7 Å². The van der Waals surface area contributed by atoms with E-state index in [1.54, 1.807) is 24.3 Å². The second kappa shape index (κ2) is 7.00. The summed E-state index contributed by atoms with van der Waals surface area (Å²) in [6.45, 7) is -0.176. The highest BCUT2D eigenvalue weighted by Gasteiger charge is 2.38. The number of hydrogen-bond acceptors (Lipinski definition) is 4. The van der Waals surface area contributed by atoms with E-state index in [-0.39, 0.29) is 18.6 Å². The van der Waals surface area contributed by atoms with Crippen LogP contribution in [0.5, 0.6) is 5.75 Å². The molecule has 2 fully saturated rings. The summed E-state index contributed by atoms with van der Waals surface area (Å²) in [6, 6.07) is 7.36. The first kappa shape index (κ1) is 15.8. The Balaban J connectivity index is 1.57. The van der Waals surface area contributed by atoms with Gasteiger partial charge in [-0.05, 0) is 37.3 Å². The Morgan fingerprint density at radius 3 is 2.91 bits per heavy atom. The number of carbonyl (C=O) groups is 2. The fraction of sp³-hybridized carbons (Fsp3) is 0.529. The van der Waals surface area contributed by atoms with Crippen LogP contribution in [-0.2, 0) is 9.59 Å². The third-order valence-electron chi connectivity index (χ3n) is 4.66. The number of carbonyl (C=O) groups excluding carboxylic acids is 2. The summed E-state index contributed by atoms with van der Waals surface area (Å²) < 4.78 is 5.25. The molecule has 6 nitrogen and oxygen atoms in total. The highest BCUT2D eigenvalue weighted by atomic mass is 16.5. The first-order chi connectivity index (χ1) is 11.1. The Labute approximate surface area is 135 Å². The van der Waals surface area contributed by atoms with E-state index in [2.05, 4.69) is 10.6 Å². The topological polar surface area (TPSA) is 93.5 Å². The van der Waals surface area contributed by atoms with E-state index in [9.17, 15) is 9.59 Å². The van der Waals surface area contributed by atoms with Gasteiger partial charge in [0.05, 0.1) is 6.04 Å². The third kappa shape index (κ3) is 4.01.